The molecule has 3 heterocycles. The maximum Gasteiger partial charge on any atom is 0.225 e. The average molecular weight is 439 g/mol. The highest BCUT2D eigenvalue weighted by molar-refractivity contribution is 7.97. The maximum absolute atomic E-state index is 12.0. The van der Waals surface area contributed by atoms with Crippen LogP contribution >= 0.6 is 11.9 Å². The zero-order chi connectivity index (χ0) is 21.8. The molecule has 1 aromatic carbocycles. The minimum absolute atomic E-state index is 0.0178. The molecule has 4 rings (SSSR count). The number of rotatable bonds is 8. The van der Waals surface area contributed by atoms with Crippen LogP contribution < -0.4 is 10.6 Å². The van der Waals surface area contributed by atoms with Crippen molar-refractivity contribution < 1.29 is 4.79 Å². The molecule has 3 N–H and O–H groups in total. The van der Waals surface area contributed by atoms with Gasteiger partial charge in [0.05, 0.1) is 12.7 Å². The molecule has 0 saturated carbocycles. The molecule has 1 aliphatic rings. The van der Waals surface area contributed by atoms with Crippen LogP contribution in [0.1, 0.15) is 17.9 Å². The lowest BCUT2D eigenvalue weighted by atomic mass is 10.3. The number of carbonyl (C=O) groups is 1. The number of carbonyl (C=O) groups excluding carboxylic acids is 1. The summed E-state index contributed by atoms with van der Waals surface area (Å²) in [7, 11) is 3.91. The van der Waals surface area contributed by atoms with Crippen molar-refractivity contribution in [1.82, 2.24) is 29.0 Å². The SMILES string of the molecule is Cc1cc(NC2=CN(Sc3ccc(NC(=O)CCN(C)C)cc3)Cc3nccn32)n[nH]1. The summed E-state index contributed by atoms with van der Waals surface area (Å²) in [4.78, 5) is 19.5. The number of aromatic nitrogens is 4. The quantitative estimate of drug-likeness (QED) is 0.465. The number of amides is 1. The zero-order valence-corrected chi connectivity index (χ0v) is 18.6. The summed E-state index contributed by atoms with van der Waals surface area (Å²) < 4.78 is 4.14. The lowest BCUT2D eigenvalue weighted by molar-refractivity contribution is -0.116. The van der Waals surface area contributed by atoms with Crippen molar-refractivity contribution in [2.45, 2.75) is 24.8 Å². The Morgan fingerprint density at radius 2 is 2.10 bits per heavy atom. The first kappa shape index (κ1) is 21.0. The van der Waals surface area contributed by atoms with Crippen molar-refractivity contribution in [2.75, 3.05) is 31.3 Å². The van der Waals surface area contributed by atoms with Crippen molar-refractivity contribution in [1.29, 1.82) is 0 Å². The van der Waals surface area contributed by atoms with Crippen LogP contribution in [-0.4, -0.2) is 55.5 Å². The molecule has 0 aliphatic carbocycles. The van der Waals surface area contributed by atoms with Gasteiger partial charge < -0.3 is 19.8 Å². The minimum atomic E-state index is 0.0178. The van der Waals surface area contributed by atoms with Gasteiger partial charge in [-0.15, -0.1) is 0 Å². The number of H-pyrrole nitrogens is 1. The molecular weight excluding hydrogens is 412 g/mol. The van der Waals surface area contributed by atoms with Crippen LogP contribution in [-0.2, 0) is 11.3 Å². The van der Waals surface area contributed by atoms with E-state index in [1.54, 1.807) is 18.1 Å². The van der Waals surface area contributed by atoms with Crippen LogP contribution in [0.5, 0.6) is 0 Å². The Labute approximate surface area is 185 Å². The molecule has 10 heteroatoms. The van der Waals surface area contributed by atoms with Crippen LogP contribution in [0, 0.1) is 6.92 Å². The summed E-state index contributed by atoms with van der Waals surface area (Å²) in [6, 6.07) is 9.82. The van der Waals surface area contributed by atoms with Gasteiger partial charge in [-0.2, -0.15) is 5.10 Å². The number of hydrogen-bond donors (Lipinski definition) is 3. The van der Waals surface area contributed by atoms with E-state index in [-0.39, 0.29) is 5.91 Å². The average Bonchev–Trinajstić information content (AvgIpc) is 3.37. The number of imidazole rings is 1. The standard InChI is InChI=1S/C21H26N8OS/c1-15-12-18(26-25-15)24-20-14-28(13-19-22-9-11-29(19)20)31-17-6-4-16(5-7-17)23-21(30)8-10-27(2)3/h4-7,9,11-12,14H,8,10,13H2,1-3H3,(H,23,30)(H2,24,25,26). The van der Waals surface area contributed by atoms with Gasteiger partial charge >= 0.3 is 0 Å². The summed E-state index contributed by atoms with van der Waals surface area (Å²) in [5, 5.41) is 13.5. The van der Waals surface area contributed by atoms with E-state index in [0.29, 0.717) is 13.0 Å². The molecule has 0 atom stereocenters. The Hall–Kier alpha value is -3.24. The van der Waals surface area contributed by atoms with Crippen LogP contribution in [0.25, 0.3) is 5.82 Å². The lowest BCUT2D eigenvalue weighted by Crippen LogP contribution is -2.23. The van der Waals surface area contributed by atoms with Crippen molar-refractivity contribution in [3.63, 3.8) is 0 Å². The van der Waals surface area contributed by atoms with Gasteiger partial charge in [0.15, 0.2) is 5.82 Å². The molecule has 0 saturated heterocycles. The highest BCUT2D eigenvalue weighted by Gasteiger charge is 2.19. The van der Waals surface area contributed by atoms with E-state index in [4.69, 9.17) is 0 Å². The van der Waals surface area contributed by atoms with Gasteiger partial charge in [-0.3, -0.25) is 14.5 Å². The molecule has 0 radical (unpaired) electrons. The van der Waals surface area contributed by atoms with Gasteiger partial charge in [-0.1, -0.05) is 0 Å². The molecule has 0 unspecified atom stereocenters. The third-order valence-corrected chi connectivity index (χ3v) is 5.60. The predicted octanol–water partition coefficient (Wildman–Crippen LogP) is 3.20. The number of aryl methyl sites for hydroxylation is 1. The Balaban J connectivity index is 1.41. The van der Waals surface area contributed by atoms with Crippen molar-refractivity contribution in [3.05, 3.63) is 60.4 Å². The molecule has 0 bridgehead atoms. The fourth-order valence-corrected chi connectivity index (χ4v) is 3.96. The molecule has 0 fully saturated rings. The first-order chi connectivity index (χ1) is 15.0. The number of aromatic amines is 1. The number of nitrogens with zero attached hydrogens (tertiary/aromatic N) is 5. The van der Waals surface area contributed by atoms with Crippen molar-refractivity contribution >= 4 is 35.2 Å². The fraction of sp³-hybridized carbons (Fsp3) is 0.286. The summed E-state index contributed by atoms with van der Waals surface area (Å²) >= 11 is 1.61. The fourth-order valence-electron chi connectivity index (χ4n) is 3.10. The Morgan fingerprint density at radius 3 is 2.81 bits per heavy atom. The summed E-state index contributed by atoms with van der Waals surface area (Å²) in [5.74, 6) is 2.59. The van der Waals surface area contributed by atoms with Gasteiger partial charge in [0.25, 0.3) is 0 Å². The second-order valence-electron chi connectivity index (χ2n) is 7.58. The molecule has 31 heavy (non-hydrogen) atoms. The number of fused-ring (bicyclic) bond motifs is 1. The van der Waals surface area contributed by atoms with Crippen LogP contribution in [0.3, 0.4) is 0 Å². The van der Waals surface area contributed by atoms with E-state index in [0.717, 1.165) is 40.3 Å². The number of anilines is 2. The van der Waals surface area contributed by atoms with Gasteiger partial charge in [0.1, 0.15) is 11.6 Å². The summed E-state index contributed by atoms with van der Waals surface area (Å²) in [6.07, 6.45) is 6.24. The van der Waals surface area contributed by atoms with Gasteiger partial charge in [-0.05, 0) is 57.2 Å². The normalized spacial score (nSPS) is 13.2. The third kappa shape index (κ3) is 5.47. The minimum Gasteiger partial charge on any atom is -0.326 e. The van der Waals surface area contributed by atoms with Crippen molar-refractivity contribution in [2.24, 2.45) is 0 Å². The van der Waals surface area contributed by atoms with Crippen molar-refractivity contribution in [3.8, 4) is 0 Å². The summed E-state index contributed by atoms with van der Waals surface area (Å²) in [5.41, 5.74) is 1.79. The number of nitrogens with one attached hydrogen (secondary N) is 3. The van der Waals surface area contributed by atoms with Gasteiger partial charge in [-0.25, -0.2) is 4.98 Å². The Morgan fingerprint density at radius 1 is 1.29 bits per heavy atom. The monoisotopic (exact) mass is 438 g/mol. The van der Waals surface area contributed by atoms with E-state index < -0.39 is 0 Å². The molecule has 1 aliphatic heterocycles. The Bertz CT molecular complexity index is 1070. The molecular formula is C21H26N8OS. The predicted molar refractivity (Wildman–Crippen MR) is 123 cm³/mol. The number of benzene rings is 1. The van der Waals surface area contributed by atoms with E-state index in [2.05, 4.69) is 30.1 Å². The highest BCUT2D eigenvalue weighted by atomic mass is 32.2. The van der Waals surface area contributed by atoms with Gasteiger partial charge in [0, 0.05) is 47.7 Å². The third-order valence-electron chi connectivity index (χ3n) is 4.65. The summed E-state index contributed by atoms with van der Waals surface area (Å²) in [6.45, 7) is 3.36. The zero-order valence-electron chi connectivity index (χ0n) is 17.8. The molecule has 9 nitrogen and oxygen atoms in total. The van der Waals surface area contributed by atoms with Crippen LogP contribution in [0.4, 0.5) is 11.5 Å². The topological polar surface area (TPSA) is 94.1 Å². The first-order valence-corrected chi connectivity index (χ1v) is 10.8. The lowest BCUT2D eigenvalue weighted by Gasteiger charge is -2.26. The molecule has 2 aromatic heterocycles. The highest BCUT2D eigenvalue weighted by Crippen LogP contribution is 2.30. The number of hydrogen-bond acceptors (Lipinski definition) is 7. The van der Waals surface area contributed by atoms with E-state index in [1.165, 1.54) is 0 Å². The van der Waals surface area contributed by atoms with Gasteiger partial charge in [0.2, 0.25) is 5.91 Å². The van der Waals surface area contributed by atoms with Crippen LogP contribution in [0.15, 0.2) is 53.8 Å². The second-order valence-corrected chi connectivity index (χ2v) is 8.70. The second kappa shape index (κ2) is 9.27. The maximum atomic E-state index is 12.0. The Kier molecular flexibility index (Phi) is 6.28. The van der Waals surface area contributed by atoms with E-state index in [1.807, 2.05) is 73.2 Å². The molecule has 0 spiro atoms. The first-order valence-electron chi connectivity index (χ1n) is 9.99. The molecule has 1 amide bonds. The van der Waals surface area contributed by atoms with E-state index >= 15 is 0 Å². The largest absolute Gasteiger partial charge is 0.326 e. The van der Waals surface area contributed by atoms with E-state index in [9.17, 15) is 4.79 Å². The molecule has 162 valence electrons. The molecule has 3 aromatic rings. The van der Waals surface area contributed by atoms with Crippen LogP contribution in [0.2, 0.25) is 0 Å². The smallest absolute Gasteiger partial charge is 0.225 e.